The van der Waals surface area contributed by atoms with Gasteiger partial charge >= 0.3 is 0 Å². The van der Waals surface area contributed by atoms with Gasteiger partial charge in [0.15, 0.2) is 0 Å². The van der Waals surface area contributed by atoms with Gasteiger partial charge in [-0.05, 0) is 66.1 Å². The zero-order valence-electron chi connectivity index (χ0n) is 18.4. The van der Waals surface area contributed by atoms with Crippen LogP contribution in [-0.4, -0.2) is 35.8 Å². The Morgan fingerprint density at radius 3 is 2.45 bits per heavy atom. The average molecular weight is 440 g/mol. The number of likely N-dealkylation sites (tertiary alicyclic amines) is 1. The molecule has 2 heterocycles. The molecule has 5 rings (SSSR count). The molecule has 1 fully saturated rings. The maximum atomic E-state index is 12.4. The second-order valence-corrected chi connectivity index (χ2v) is 8.26. The predicted molar refractivity (Wildman–Crippen MR) is 128 cm³/mol. The predicted octanol–water partition coefficient (Wildman–Crippen LogP) is 4.59. The first-order chi connectivity index (χ1) is 16.1. The zero-order chi connectivity index (χ0) is 22.8. The van der Waals surface area contributed by atoms with E-state index >= 15 is 0 Å². The van der Waals surface area contributed by atoms with E-state index in [-0.39, 0.29) is 17.9 Å². The fourth-order valence-electron chi connectivity index (χ4n) is 4.23. The van der Waals surface area contributed by atoms with E-state index in [1.165, 1.54) is 0 Å². The first-order valence-corrected chi connectivity index (χ1v) is 11.1. The Morgan fingerprint density at radius 2 is 1.73 bits per heavy atom. The van der Waals surface area contributed by atoms with Crippen molar-refractivity contribution in [3.8, 4) is 22.6 Å². The Balaban J connectivity index is 1.36. The number of nitrogens with zero attached hydrogens (tertiary/aromatic N) is 1. The Kier molecular flexibility index (Phi) is 5.57. The summed E-state index contributed by atoms with van der Waals surface area (Å²) in [4.78, 5) is 26.2. The maximum absolute atomic E-state index is 12.4. The van der Waals surface area contributed by atoms with Gasteiger partial charge in [-0.25, -0.2) is 0 Å². The molecule has 0 unspecified atom stereocenters. The van der Waals surface area contributed by atoms with Crippen molar-refractivity contribution in [1.82, 2.24) is 10.2 Å². The zero-order valence-corrected chi connectivity index (χ0v) is 18.4. The fourth-order valence-corrected chi connectivity index (χ4v) is 4.23. The summed E-state index contributed by atoms with van der Waals surface area (Å²) >= 11 is 0. The summed E-state index contributed by atoms with van der Waals surface area (Å²) in [6.07, 6.45) is 3.34. The third-order valence-electron chi connectivity index (χ3n) is 5.94. The molecule has 0 atom stereocenters. The van der Waals surface area contributed by atoms with Crippen molar-refractivity contribution in [3.63, 3.8) is 0 Å². The van der Waals surface area contributed by atoms with Crippen molar-refractivity contribution < 1.29 is 14.3 Å². The van der Waals surface area contributed by atoms with Crippen molar-refractivity contribution >= 4 is 17.5 Å². The molecule has 6 heteroatoms. The van der Waals surface area contributed by atoms with Crippen LogP contribution in [0.3, 0.4) is 0 Å². The van der Waals surface area contributed by atoms with Crippen LogP contribution in [0, 0.1) is 0 Å². The molecule has 0 bridgehead atoms. The molecule has 2 aliphatic heterocycles. The maximum Gasteiger partial charge on any atom is 0.251 e. The van der Waals surface area contributed by atoms with E-state index in [1.807, 2.05) is 67.6 Å². The van der Waals surface area contributed by atoms with Gasteiger partial charge in [0, 0.05) is 30.9 Å². The molecule has 0 saturated carbocycles. The van der Waals surface area contributed by atoms with Gasteiger partial charge in [0.1, 0.15) is 11.5 Å². The van der Waals surface area contributed by atoms with E-state index in [0.29, 0.717) is 25.2 Å². The lowest BCUT2D eigenvalue weighted by molar-refractivity contribution is -0.129. The molecule has 166 valence electrons. The first-order valence-electron chi connectivity index (χ1n) is 11.1. The Bertz CT molecular complexity index is 1210. The van der Waals surface area contributed by atoms with Crippen molar-refractivity contribution in [3.05, 3.63) is 90.0 Å². The lowest BCUT2D eigenvalue weighted by atomic mass is 9.95. The van der Waals surface area contributed by atoms with Gasteiger partial charge in [-0.15, -0.1) is 0 Å². The molecular weight excluding hydrogens is 414 g/mol. The molecular formula is C27H25N3O3. The molecule has 6 nitrogen and oxygen atoms in total. The van der Waals surface area contributed by atoms with Crippen LogP contribution in [0.2, 0.25) is 0 Å². The van der Waals surface area contributed by atoms with Gasteiger partial charge in [-0.2, -0.15) is 0 Å². The molecule has 0 radical (unpaired) electrons. The molecule has 1 saturated heterocycles. The molecule has 3 aromatic rings. The highest BCUT2D eigenvalue weighted by molar-refractivity contribution is 6.02. The standard InChI is InChI=1S/C27H25N3O3/c1-2-6-26(31)30-16-20(17-30)29-19-13-23(25-15-28-27(32)24(25)14-19)18-9-11-22(12-10-18)33-21-7-4-3-5-8-21/h2-14,20,29H,15-17H2,1H3,(H,28,32)/b6-2+. The average Bonchev–Trinajstić information content (AvgIpc) is 3.17. The van der Waals surface area contributed by atoms with E-state index in [4.69, 9.17) is 4.74 Å². The van der Waals surface area contributed by atoms with E-state index in [9.17, 15) is 9.59 Å². The molecule has 33 heavy (non-hydrogen) atoms. The van der Waals surface area contributed by atoms with Gasteiger partial charge in [-0.1, -0.05) is 36.4 Å². The smallest absolute Gasteiger partial charge is 0.251 e. The van der Waals surface area contributed by atoms with E-state index in [1.54, 1.807) is 17.1 Å². The molecule has 2 N–H and O–H groups in total. The lowest BCUT2D eigenvalue weighted by Crippen LogP contribution is -2.56. The number of benzene rings is 3. The van der Waals surface area contributed by atoms with Crippen LogP contribution in [0.4, 0.5) is 5.69 Å². The number of fused-ring (bicyclic) bond motifs is 1. The highest BCUT2D eigenvalue weighted by atomic mass is 16.5. The monoisotopic (exact) mass is 439 g/mol. The molecule has 0 aromatic heterocycles. The lowest BCUT2D eigenvalue weighted by Gasteiger charge is -2.39. The number of allylic oxidation sites excluding steroid dienone is 1. The Labute approximate surface area is 192 Å². The van der Waals surface area contributed by atoms with E-state index < -0.39 is 0 Å². The van der Waals surface area contributed by atoms with Crippen LogP contribution >= 0.6 is 0 Å². The number of nitrogens with one attached hydrogen (secondary N) is 2. The molecule has 2 aliphatic rings. The molecule has 2 amide bonds. The first kappa shape index (κ1) is 20.8. The minimum atomic E-state index is -0.0579. The summed E-state index contributed by atoms with van der Waals surface area (Å²) < 4.78 is 5.91. The normalized spacial score (nSPS) is 15.2. The highest BCUT2D eigenvalue weighted by Gasteiger charge is 2.30. The third-order valence-corrected chi connectivity index (χ3v) is 5.94. The summed E-state index contributed by atoms with van der Waals surface area (Å²) in [5.41, 5.74) is 4.61. The number of carbonyl (C=O) groups excluding carboxylic acids is 2. The van der Waals surface area contributed by atoms with Crippen molar-refractivity contribution in [2.45, 2.75) is 19.5 Å². The van der Waals surface area contributed by atoms with Gasteiger partial charge in [0.25, 0.3) is 5.91 Å². The number of ether oxygens (including phenoxy) is 1. The Hall–Kier alpha value is -4.06. The van der Waals surface area contributed by atoms with Crippen LogP contribution in [-0.2, 0) is 11.3 Å². The van der Waals surface area contributed by atoms with Gasteiger partial charge in [-0.3, -0.25) is 9.59 Å². The second-order valence-electron chi connectivity index (χ2n) is 8.26. The minimum Gasteiger partial charge on any atom is -0.457 e. The van der Waals surface area contributed by atoms with E-state index in [2.05, 4.69) is 16.7 Å². The van der Waals surface area contributed by atoms with Crippen molar-refractivity contribution in [2.24, 2.45) is 0 Å². The molecule has 0 aliphatic carbocycles. The van der Waals surface area contributed by atoms with Crippen LogP contribution < -0.4 is 15.4 Å². The van der Waals surface area contributed by atoms with E-state index in [0.717, 1.165) is 33.9 Å². The number of hydrogen-bond acceptors (Lipinski definition) is 4. The van der Waals surface area contributed by atoms with Crippen LogP contribution in [0.1, 0.15) is 22.8 Å². The summed E-state index contributed by atoms with van der Waals surface area (Å²) in [5.74, 6) is 1.51. The fraction of sp³-hybridized carbons (Fsp3) is 0.185. The number of carbonyl (C=O) groups is 2. The van der Waals surface area contributed by atoms with Crippen LogP contribution in [0.25, 0.3) is 11.1 Å². The minimum absolute atomic E-state index is 0.0300. The van der Waals surface area contributed by atoms with Gasteiger partial charge < -0.3 is 20.3 Å². The van der Waals surface area contributed by atoms with Crippen LogP contribution in [0.5, 0.6) is 11.5 Å². The third kappa shape index (κ3) is 4.32. The van der Waals surface area contributed by atoms with Gasteiger partial charge in [0.2, 0.25) is 5.91 Å². The number of anilines is 1. The van der Waals surface area contributed by atoms with Crippen LogP contribution in [0.15, 0.2) is 78.9 Å². The topological polar surface area (TPSA) is 70.7 Å². The summed E-state index contributed by atoms with van der Waals surface area (Å²) in [6.45, 7) is 3.65. The molecule has 0 spiro atoms. The Morgan fingerprint density at radius 1 is 1.03 bits per heavy atom. The van der Waals surface area contributed by atoms with Gasteiger partial charge in [0.05, 0.1) is 6.04 Å². The highest BCUT2D eigenvalue weighted by Crippen LogP contribution is 2.34. The number of rotatable bonds is 6. The molecule has 3 aromatic carbocycles. The van der Waals surface area contributed by atoms with Crippen molar-refractivity contribution in [2.75, 3.05) is 18.4 Å². The largest absolute Gasteiger partial charge is 0.457 e. The summed E-state index contributed by atoms with van der Waals surface area (Å²) in [5, 5.41) is 6.42. The summed E-state index contributed by atoms with van der Waals surface area (Å²) in [7, 11) is 0. The number of amides is 2. The number of hydrogen-bond donors (Lipinski definition) is 2. The quantitative estimate of drug-likeness (QED) is 0.551. The number of para-hydroxylation sites is 1. The van der Waals surface area contributed by atoms with Crippen molar-refractivity contribution in [1.29, 1.82) is 0 Å². The second kappa shape index (κ2) is 8.82. The summed E-state index contributed by atoms with van der Waals surface area (Å²) in [6, 6.07) is 21.7. The SMILES string of the molecule is C/C=C/C(=O)N1CC(Nc2cc3c(c(-c4ccc(Oc5ccccc5)cc4)c2)CNC3=O)C1.